The van der Waals surface area contributed by atoms with Gasteiger partial charge in [0.15, 0.2) is 0 Å². The van der Waals surface area contributed by atoms with E-state index < -0.39 is 10.0 Å². The van der Waals surface area contributed by atoms with Gasteiger partial charge in [0.2, 0.25) is 10.0 Å². The second kappa shape index (κ2) is 5.48. The molecule has 1 aromatic rings. The number of hydrogen-bond acceptors (Lipinski definition) is 4. The third-order valence-corrected chi connectivity index (χ3v) is 3.19. The van der Waals surface area contributed by atoms with E-state index in [0.717, 1.165) is 11.1 Å². The number of hydrogen-bond donors (Lipinski definition) is 1. The molecule has 0 atom stereocenters. The first kappa shape index (κ1) is 14.0. The fraction of sp³-hybridized carbons (Fsp3) is 0.455. The molecule has 17 heavy (non-hydrogen) atoms. The Morgan fingerprint density at radius 3 is 2.12 bits per heavy atom. The van der Waals surface area contributed by atoms with Gasteiger partial charge in [-0.15, -0.1) is 0 Å². The lowest BCUT2D eigenvalue weighted by molar-refractivity contribution is 0.145. The number of aryl methyl sites for hydroxylation is 2. The fourth-order valence-electron chi connectivity index (χ4n) is 1.53. The normalized spacial score (nSPS) is 11.5. The van der Waals surface area contributed by atoms with E-state index in [9.17, 15) is 8.42 Å². The van der Waals surface area contributed by atoms with Gasteiger partial charge in [-0.05, 0) is 37.1 Å². The van der Waals surface area contributed by atoms with Crippen LogP contribution in [0.15, 0.2) is 17.0 Å². The summed E-state index contributed by atoms with van der Waals surface area (Å²) in [6.07, 6.45) is 0. The topological polar surface area (TPSA) is 78.6 Å². The lowest BCUT2D eigenvalue weighted by Crippen LogP contribution is -2.13. The predicted octanol–water partition coefficient (Wildman–Crippen LogP) is 0.976. The predicted molar refractivity (Wildman–Crippen MR) is 64.7 cm³/mol. The molecule has 0 bridgehead atoms. The molecule has 0 radical (unpaired) electrons. The molecule has 0 aliphatic rings. The van der Waals surface area contributed by atoms with Crippen molar-refractivity contribution in [2.24, 2.45) is 5.14 Å². The van der Waals surface area contributed by atoms with Crippen molar-refractivity contribution in [3.8, 4) is 5.75 Å². The zero-order chi connectivity index (χ0) is 13.1. The minimum absolute atomic E-state index is 0.103. The molecule has 0 amide bonds. The van der Waals surface area contributed by atoms with Crippen LogP contribution in [-0.2, 0) is 14.8 Å². The number of ether oxygens (including phenoxy) is 2. The molecule has 5 nitrogen and oxygen atoms in total. The highest BCUT2D eigenvalue weighted by Crippen LogP contribution is 2.26. The Morgan fingerprint density at radius 1 is 1.18 bits per heavy atom. The van der Waals surface area contributed by atoms with Crippen LogP contribution in [0.1, 0.15) is 11.1 Å². The summed E-state index contributed by atoms with van der Waals surface area (Å²) in [6.45, 7) is 4.47. The van der Waals surface area contributed by atoms with Crippen LogP contribution < -0.4 is 9.88 Å². The van der Waals surface area contributed by atoms with E-state index in [2.05, 4.69) is 0 Å². The van der Waals surface area contributed by atoms with Gasteiger partial charge >= 0.3 is 0 Å². The molecular formula is C11H17NO4S. The zero-order valence-electron chi connectivity index (χ0n) is 10.2. The molecule has 0 aliphatic carbocycles. The number of rotatable bonds is 5. The molecule has 0 aromatic heterocycles. The van der Waals surface area contributed by atoms with Crippen LogP contribution in [0.5, 0.6) is 5.75 Å². The summed E-state index contributed by atoms with van der Waals surface area (Å²) < 4.78 is 32.8. The Balaban J connectivity index is 3.03. The Morgan fingerprint density at radius 2 is 1.71 bits per heavy atom. The molecule has 0 spiro atoms. The largest absolute Gasteiger partial charge is 0.491 e. The lowest BCUT2D eigenvalue weighted by Gasteiger charge is -2.13. The number of primary sulfonamides is 1. The highest BCUT2D eigenvalue weighted by atomic mass is 32.2. The lowest BCUT2D eigenvalue weighted by atomic mass is 10.1. The highest BCUT2D eigenvalue weighted by molar-refractivity contribution is 7.89. The van der Waals surface area contributed by atoms with Crippen LogP contribution in [-0.4, -0.2) is 28.7 Å². The van der Waals surface area contributed by atoms with Crippen LogP contribution in [0.4, 0.5) is 0 Å². The van der Waals surface area contributed by atoms with Gasteiger partial charge in [0.25, 0.3) is 0 Å². The van der Waals surface area contributed by atoms with E-state index in [-0.39, 0.29) is 4.90 Å². The smallest absolute Gasteiger partial charge is 0.238 e. The average molecular weight is 259 g/mol. The standard InChI is InChI=1S/C11H17NO4S/c1-8-6-10(17(12,13)14)7-9(2)11(8)16-5-4-15-3/h6-7H,4-5H2,1-3H3,(H2,12,13,14). The van der Waals surface area contributed by atoms with Crippen molar-refractivity contribution in [1.29, 1.82) is 0 Å². The van der Waals surface area contributed by atoms with Gasteiger partial charge in [-0.2, -0.15) is 0 Å². The zero-order valence-corrected chi connectivity index (χ0v) is 11.0. The molecule has 0 saturated heterocycles. The second-order valence-corrected chi connectivity index (χ2v) is 5.33. The Hall–Kier alpha value is -1.11. The maximum absolute atomic E-state index is 11.2. The van der Waals surface area contributed by atoms with Gasteiger partial charge in [-0.25, -0.2) is 13.6 Å². The van der Waals surface area contributed by atoms with E-state index in [0.29, 0.717) is 19.0 Å². The molecule has 0 heterocycles. The van der Waals surface area contributed by atoms with Crippen molar-refractivity contribution in [2.45, 2.75) is 18.7 Å². The SMILES string of the molecule is COCCOc1c(C)cc(S(N)(=O)=O)cc1C. The van der Waals surface area contributed by atoms with Crippen molar-refractivity contribution in [3.63, 3.8) is 0 Å². The number of methoxy groups -OCH3 is 1. The molecule has 1 rings (SSSR count). The second-order valence-electron chi connectivity index (χ2n) is 3.77. The van der Waals surface area contributed by atoms with Gasteiger partial charge in [0, 0.05) is 7.11 Å². The maximum atomic E-state index is 11.2. The first-order chi connectivity index (χ1) is 7.86. The molecular weight excluding hydrogens is 242 g/mol. The molecule has 1 aromatic carbocycles. The third-order valence-electron chi connectivity index (χ3n) is 2.30. The molecule has 2 N–H and O–H groups in total. The summed E-state index contributed by atoms with van der Waals surface area (Å²) in [6, 6.07) is 3.01. The number of benzene rings is 1. The minimum atomic E-state index is -3.67. The van der Waals surface area contributed by atoms with Crippen LogP contribution in [0.3, 0.4) is 0 Å². The van der Waals surface area contributed by atoms with Crippen molar-refractivity contribution in [1.82, 2.24) is 0 Å². The Labute approximate surface area is 102 Å². The quantitative estimate of drug-likeness (QED) is 0.799. The van der Waals surface area contributed by atoms with Crippen molar-refractivity contribution in [3.05, 3.63) is 23.3 Å². The molecule has 96 valence electrons. The maximum Gasteiger partial charge on any atom is 0.238 e. The first-order valence-corrected chi connectivity index (χ1v) is 6.66. The Bertz CT molecular complexity index is 473. The van der Waals surface area contributed by atoms with Crippen LogP contribution in [0.2, 0.25) is 0 Å². The van der Waals surface area contributed by atoms with Gasteiger partial charge in [0.1, 0.15) is 12.4 Å². The average Bonchev–Trinajstić information content (AvgIpc) is 2.20. The molecule has 0 aliphatic heterocycles. The first-order valence-electron chi connectivity index (χ1n) is 5.12. The van der Waals surface area contributed by atoms with E-state index in [1.54, 1.807) is 21.0 Å². The minimum Gasteiger partial charge on any atom is -0.491 e. The fourth-order valence-corrected chi connectivity index (χ4v) is 2.21. The van der Waals surface area contributed by atoms with E-state index >= 15 is 0 Å². The van der Waals surface area contributed by atoms with Gasteiger partial charge in [0.05, 0.1) is 11.5 Å². The number of nitrogens with two attached hydrogens (primary N) is 1. The monoisotopic (exact) mass is 259 g/mol. The van der Waals surface area contributed by atoms with Gasteiger partial charge < -0.3 is 9.47 Å². The summed E-state index contributed by atoms with van der Waals surface area (Å²) in [5.74, 6) is 0.675. The molecule has 6 heteroatoms. The molecule has 0 unspecified atom stereocenters. The summed E-state index contributed by atoms with van der Waals surface area (Å²) >= 11 is 0. The van der Waals surface area contributed by atoms with Crippen LogP contribution in [0.25, 0.3) is 0 Å². The number of sulfonamides is 1. The molecule has 0 saturated carbocycles. The van der Waals surface area contributed by atoms with Gasteiger partial charge in [-0.1, -0.05) is 0 Å². The van der Waals surface area contributed by atoms with Crippen LogP contribution in [0, 0.1) is 13.8 Å². The summed E-state index contributed by atoms with van der Waals surface area (Å²) in [5, 5.41) is 5.08. The summed E-state index contributed by atoms with van der Waals surface area (Å²) in [7, 11) is -2.08. The van der Waals surface area contributed by atoms with Crippen molar-refractivity contribution in [2.75, 3.05) is 20.3 Å². The van der Waals surface area contributed by atoms with Crippen molar-refractivity contribution < 1.29 is 17.9 Å². The van der Waals surface area contributed by atoms with E-state index in [4.69, 9.17) is 14.6 Å². The molecule has 0 fully saturated rings. The van der Waals surface area contributed by atoms with Crippen LogP contribution >= 0.6 is 0 Å². The highest BCUT2D eigenvalue weighted by Gasteiger charge is 2.13. The van der Waals surface area contributed by atoms with Gasteiger partial charge in [-0.3, -0.25) is 0 Å². The third kappa shape index (κ3) is 3.69. The summed E-state index contributed by atoms with van der Waals surface area (Å²) in [5.41, 5.74) is 1.48. The van der Waals surface area contributed by atoms with E-state index in [1.807, 2.05) is 0 Å². The Kier molecular flexibility index (Phi) is 4.50. The van der Waals surface area contributed by atoms with Crippen molar-refractivity contribution >= 4 is 10.0 Å². The summed E-state index contributed by atoms with van der Waals surface area (Å²) in [4.78, 5) is 0.103. The van der Waals surface area contributed by atoms with E-state index in [1.165, 1.54) is 12.1 Å².